The highest BCUT2D eigenvalue weighted by atomic mass is 16.5. The number of fused-ring (bicyclic) bond motifs is 4. The first-order valence-corrected chi connectivity index (χ1v) is 15.0. The second kappa shape index (κ2) is 8.19. The predicted molar refractivity (Wildman–Crippen MR) is 147 cm³/mol. The van der Waals surface area contributed by atoms with E-state index < -0.39 is 29.0 Å². The van der Waals surface area contributed by atoms with Crippen molar-refractivity contribution < 1.29 is 24.2 Å². The summed E-state index contributed by atoms with van der Waals surface area (Å²) < 4.78 is 13.1. The van der Waals surface area contributed by atoms with Crippen molar-refractivity contribution in [2.24, 2.45) is 51.8 Å². The summed E-state index contributed by atoms with van der Waals surface area (Å²) >= 11 is 0. The van der Waals surface area contributed by atoms with Gasteiger partial charge >= 0.3 is 0 Å². The molecule has 3 saturated carbocycles. The van der Waals surface area contributed by atoms with Crippen LogP contribution < -0.4 is 10.1 Å². The molecule has 1 spiro atoms. The average molecular weight is 534 g/mol. The zero-order chi connectivity index (χ0) is 27.6. The van der Waals surface area contributed by atoms with Gasteiger partial charge in [0.15, 0.2) is 5.78 Å². The Morgan fingerprint density at radius 2 is 1.79 bits per heavy atom. The van der Waals surface area contributed by atoms with Gasteiger partial charge in [0.1, 0.15) is 17.3 Å². The van der Waals surface area contributed by atoms with E-state index in [2.05, 4.69) is 63.4 Å². The van der Waals surface area contributed by atoms with Crippen LogP contribution >= 0.6 is 0 Å². The highest BCUT2D eigenvalue weighted by molar-refractivity contribution is 6.11. The molecule has 3 aliphatic heterocycles. The topological polar surface area (TPSA) is 84.9 Å². The monoisotopic (exact) mass is 533 g/mol. The molecule has 4 aliphatic carbocycles. The molecule has 1 aromatic carbocycles. The third-order valence-electron chi connectivity index (χ3n) is 12.3. The number of benzene rings is 1. The van der Waals surface area contributed by atoms with Crippen LogP contribution in [0.4, 0.5) is 0 Å². The van der Waals surface area contributed by atoms with E-state index >= 15 is 4.79 Å². The van der Waals surface area contributed by atoms with Crippen LogP contribution in [0.2, 0.25) is 0 Å². The molecule has 39 heavy (non-hydrogen) atoms. The van der Waals surface area contributed by atoms with Crippen molar-refractivity contribution in [3.05, 3.63) is 41.5 Å². The van der Waals surface area contributed by atoms with E-state index in [4.69, 9.17) is 9.47 Å². The summed E-state index contributed by atoms with van der Waals surface area (Å²) in [5.41, 5.74) is 0.107. The molecule has 1 aromatic rings. The van der Waals surface area contributed by atoms with Crippen LogP contribution in [0.3, 0.4) is 0 Å². The molecule has 8 rings (SSSR count). The van der Waals surface area contributed by atoms with Gasteiger partial charge in [-0.2, -0.15) is 0 Å². The summed E-state index contributed by atoms with van der Waals surface area (Å²) in [6.45, 7) is 11.4. The Balaban J connectivity index is 1.50. The van der Waals surface area contributed by atoms with Crippen LogP contribution in [0, 0.1) is 51.8 Å². The molecule has 1 unspecified atom stereocenters. The molecule has 13 atom stereocenters. The first-order valence-electron chi connectivity index (χ1n) is 15.0. The van der Waals surface area contributed by atoms with Crippen molar-refractivity contribution in [1.82, 2.24) is 5.32 Å². The number of carbonyl (C=O) groups is 2. The zero-order valence-electron chi connectivity index (χ0n) is 24.1. The molecule has 2 N–H and O–H groups in total. The largest absolute Gasteiger partial charge is 0.490 e. The van der Waals surface area contributed by atoms with Gasteiger partial charge in [0, 0.05) is 30.3 Å². The van der Waals surface area contributed by atoms with E-state index in [0.717, 1.165) is 24.2 Å². The van der Waals surface area contributed by atoms with Crippen LogP contribution in [0.1, 0.15) is 59.4 Å². The van der Waals surface area contributed by atoms with Crippen molar-refractivity contribution >= 4 is 11.7 Å². The lowest BCUT2D eigenvalue weighted by atomic mass is 9.46. The van der Waals surface area contributed by atoms with Crippen molar-refractivity contribution in [2.75, 3.05) is 7.11 Å². The van der Waals surface area contributed by atoms with Gasteiger partial charge in [0.2, 0.25) is 5.91 Å². The third-order valence-corrected chi connectivity index (χ3v) is 12.3. The number of aliphatic hydroxyl groups excluding tert-OH is 1. The number of Topliss-reactive ketones (excluding diaryl/α,β-unsaturated/α-hetero) is 1. The van der Waals surface area contributed by atoms with Crippen molar-refractivity contribution in [3.63, 3.8) is 0 Å². The van der Waals surface area contributed by atoms with Crippen LogP contribution in [-0.4, -0.2) is 48.3 Å². The number of aliphatic hydroxyl groups is 1. The van der Waals surface area contributed by atoms with Crippen molar-refractivity contribution in [2.45, 2.75) is 84.7 Å². The van der Waals surface area contributed by atoms with Crippen LogP contribution in [0.15, 0.2) is 35.9 Å². The average Bonchev–Trinajstić information content (AvgIpc) is 3.26. The fourth-order valence-electron chi connectivity index (χ4n) is 11.4. The van der Waals surface area contributed by atoms with E-state index in [1.165, 1.54) is 5.57 Å². The third kappa shape index (κ3) is 3.11. The first-order chi connectivity index (χ1) is 18.5. The maximum absolute atomic E-state index is 15.1. The lowest BCUT2D eigenvalue weighted by Crippen LogP contribution is -2.65. The van der Waals surface area contributed by atoms with Gasteiger partial charge in [-0.15, -0.1) is 0 Å². The summed E-state index contributed by atoms with van der Waals surface area (Å²) in [6, 6.07) is 7.92. The highest BCUT2D eigenvalue weighted by Crippen LogP contribution is 2.70. The van der Waals surface area contributed by atoms with Gasteiger partial charge in [-0.1, -0.05) is 51.5 Å². The number of nitrogens with one attached hydrogen (secondary N) is 1. The maximum atomic E-state index is 15.1. The molecule has 7 aliphatic rings. The zero-order valence-corrected chi connectivity index (χ0v) is 24.1. The molecule has 4 fully saturated rings. The lowest BCUT2D eigenvalue weighted by Gasteiger charge is -2.56. The number of carbonyl (C=O) groups excluding carboxylic acids is 2. The Labute approximate surface area is 231 Å². The van der Waals surface area contributed by atoms with Crippen molar-refractivity contribution in [1.29, 1.82) is 0 Å². The molecule has 1 saturated heterocycles. The smallest absolute Gasteiger partial charge is 0.236 e. The van der Waals surface area contributed by atoms with Gasteiger partial charge in [-0.25, -0.2) is 0 Å². The van der Waals surface area contributed by atoms with E-state index in [-0.39, 0.29) is 53.4 Å². The SMILES string of the molecule is CO[C@@H]1C2Cc3ccc(cc3)O[C@H]3[C@@H]4[C@H]5C(=O)[C@@]1(C[C@H](O)[C@@]5(C)C=C(C)[C@H]4[C@]1(C)C[C@H](C)C[C@H](C)[C@@H]31)C(=O)N2. The second-order valence-electron chi connectivity index (χ2n) is 14.6. The Morgan fingerprint density at radius 3 is 2.49 bits per heavy atom. The highest BCUT2D eigenvalue weighted by Gasteiger charge is 2.75. The molecule has 1 amide bonds. The summed E-state index contributed by atoms with van der Waals surface area (Å²) in [5.74, 6) is 1.26. The molecule has 3 heterocycles. The number of hydrogen-bond donors (Lipinski definition) is 2. The minimum Gasteiger partial charge on any atom is -0.490 e. The molecular weight excluding hydrogens is 490 g/mol. The van der Waals surface area contributed by atoms with Crippen LogP contribution in [0.25, 0.3) is 0 Å². The summed E-state index contributed by atoms with van der Waals surface area (Å²) in [4.78, 5) is 29.1. The number of ether oxygens (including phenoxy) is 2. The second-order valence-corrected chi connectivity index (χ2v) is 14.6. The fraction of sp³-hybridized carbons (Fsp3) is 0.697. The summed E-state index contributed by atoms with van der Waals surface area (Å²) in [6.07, 6.45) is 3.41. The van der Waals surface area contributed by atoms with E-state index in [9.17, 15) is 9.90 Å². The van der Waals surface area contributed by atoms with Gasteiger partial charge in [0.05, 0.1) is 18.2 Å². The molecular formula is C33H43NO5. The fourth-order valence-corrected chi connectivity index (χ4v) is 11.4. The number of ketones is 1. The molecule has 5 bridgehead atoms. The number of amides is 1. The number of rotatable bonds is 1. The molecule has 0 aromatic heterocycles. The van der Waals surface area contributed by atoms with Crippen LogP contribution in [-0.2, 0) is 20.7 Å². The predicted octanol–water partition coefficient (Wildman–Crippen LogP) is 4.34. The molecule has 6 heteroatoms. The quantitative estimate of drug-likeness (QED) is 0.414. The number of methoxy groups -OCH3 is 1. The Bertz CT molecular complexity index is 1260. The molecule has 210 valence electrons. The maximum Gasteiger partial charge on any atom is 0.236 e. The van der Waals surface area contributed by atoms with Crippen molar-refractivity contribution in [3.8, 4) is 5.75 Å². The van der Waals surface area contributed by atoms with Crippen LogP contribution in [0.5, 0.6) is 5.75 Å². The van der Waals surface area contributed by atoms with E-state index in [0.29, 0.717) is 18.3 Å². The number of hydrogen-bond acceptors (Lipinski definition) is 5. The van der Waals surface area contributed by atoms with Gasteiger partial charge in [-0.3, -0.25) is 9.59 Å². The first kappa shape index (κ1) is 25.8. The van der Waals surface area contributed by atoms with Gasteiger partial charge in [-0.05, 0) is 73.5 Å². The van der Waals surface area contributed by atoms with Gasteiger partial charge < -0.3 is 19.9 Å². The Morgan fingerprint density at radius 1 is 1.08 bits per heavy atom. The summed E-state index contributed by atoms with van der Waals surface area (Å²) in [5, 5.41) is 15.1. The molecule has 6 nitrogen and oxygen atoms in total. The molecule has 0 radical (unpaired) electrons. The summed E-state index contributed by atoms with van der Waals surface area (Å²) in [7, 11) is 1.60. The van der Waals surface area contributed by atoms with E-state index in [1.54, 1.807) is 7.11 Å². The Kier molecular flexibility index (Phi) is 5.41. The van der Waals surface area contributed by atoms with Gasteiger partial charge in [0.25, 0.3) is 0 Å². The minimum absolute atomic E-state index is 0.0394. The lowest BCUT2D eigenvalue weighted by molar-refractivity contribution is -0.176. The minimum atomic E-state index is -1.40. The number of allylic oxidation sites excluding steroid dienone is 1. The standard InChI is InChI=1S/C33H43NO5/c1-16-11-17(2)25-27-23-24(32(25,5)13-16)18(3)14-31(4)22(35)15-33(28(36)26(23)31)29(38-6)21(34-30(33)37)12-19-7-9-20(39-27)10-8-19/h7-10,14,16-17,21-27,29,35H,11-13,15H2,1-6H3,(H,34,37)/t16-,17+,21?,22+,23+,24-,25+,26+,27+,29-,31-,32+,33-/m1/s1. The Hall–Kier alpha value is -2.18. The van der Waals surface area contributed by atoms with E-state index in [1.807, 2.05) is 6.92 Å². The normalized spacial score (nSPS) is 51.6.